The van der Waals surface area contributed by atoms with Crippen LogP contribution in [0.25, 0.3) is 0 Å². The van der Waals surface area contributed by atoms with E-state index in [1.54, 1.807) is 37.3 Å². The lowest BCUT2D eigenvalue weighted by Crippen LogP contribution is -2.26. The Kier molecular flexibility index (Phi) is 6.51. The minimum atomic E-state index is -3.79. The molecule has 134 valence electrons. The molecular weight excluding hydrogens is 344 g/mol. The molecule has 0 fully saturated rings. The van der Waals surface area contributed by atoms with E-state index in [1.807, 2.05) is 0 Å². The molecule has 25 heavy (non-hydrogen) atoms. The first kappa shape index (κ1) is 18.9. The van der Waals surface area contributed by atoms with Crippen LogP contribution in [0.5, 0.6) is 5.75 Å². The molecule has 3 N–H and O–H groups in total. The number of carbonyl (C=O) groups excluding carboxylic acids is 1. The highest BCUT2D eigenvalue weighted by atomic mass is 32.2. The monoisotopic (exact) mass is 364 g/mol. The fourth-order valence-electron chi connectivity index (χ4n) is 2.10. The molecule has 0 aliphatic carbocycles. The quantitative estimate of drug-likeness (QED) is 0.660. The van der Waals surface area contributed by atoms with Crippen LogP contribution in [-0.4, -0.2) is 39.2 Å². The number of hydrogen-bond donors (Lipinski definition) is 3. The summed E-state index contributed by atoms with van der Waals surface area (Å²) in [5.74, 6) is -0.00712. The predicted octanol–water partition coefficient (Wildman–Crippen LogP) is 1.61. The predicted molar refractivity (Wildman–Crippen MR) is 94.3 cm³/mol. The van der Waals surface area contributed by atoms with Gasteiger partial charge in [-0.3, -0.25) is 4.79 Å². The van der Waals surface area contributed by atoms with E-state index >= 15 is 0 Å². The summed E-state index contributed by atoms with van der Waals surface area (Å²) in [7, 11) is -3.79. The van der Waals surface area contributed by atoms with Crippen LogP contribution in [0.3, 0.4) is 0 Å². The van der Waals surface area contributed by atoms with E-state index in [0.717, 1.165) is 0 Å². The van der Waals surface area contributed by atoms with Gasteiger partial charge < -0.3 is 15.2 Å². The lowest BCUT2D eigenvalue weighted by atomic mass is 10.2. The number of hydrogen-bond acceptors (Lipinski definition) is 5. The van der Waals surface area contributed by atoms with Gasteiger partial charge in [-0.25, -0.2) is 13.1 Å². The van der Waals surface area contributed by atoms with Crippen LogP contribution in [0.2, 0.25) is 0 Å². The van der Waals surface area contributed by atoms with E-state index in [4.69, 9.17) is 9.84 Å². The van der Waals surface area contributed by atoms with Gasteiger partial charge in [0.2, 0.25) is 10.0 Å². The first-order valence-corrected chi connectivity index (χ1v) is 9.20. The van der Waals surface area contributed by atoms with Crippen molar-refractivity contribution in [3.8, 4) is 5.75 Å². The van der Waals surface area contributed by atoms with Crippen LogP contribution in [0.1, 0.15) is 17.3 Å². The lowest BCUT2D eigenvalue weighted by molar-refractivity contribution is 0.102. The molecule has 0 heterocycles. The minimum absolute atomic E-state index is 0.0345. The van der Waals surface area contributed by atoms with Crippen LogP contribution in [0.4, 0.5) is 5.69 Å². The maximum absolute atomic E-state index is 12.3. The van der Waals surface area contributed by atoms with Crippen molar-refractivity contribution in [3.05, 3.63) is 54.1 Å². The van der Waals surface area contributed by atoms with Gasteiger partial charge in [0.05, 0.1) is 23.8 Å². The number of carbonyl (C=O) groups is 1. The topological polar surface area (TPSA) is 105 Å². The first-order valence-electron chi connectivity index (χ1n) is 7.71. The molecule has 1 amide bonds. The van der Waals surface area contributed by atoms with Crippen LogP contribution >= 0.6 is 0 Å². The van der Waals surface area contributed by atoms with Gasteiger partial charge >= 0.3 is 0 Å². The van der Waals surface area contributed by atoms with Gasteiger partial charge in [-0.2, -0.15) is 0 Å². The molecule has 2 aromatic rings. The molecule has 0 aliphatic heterocycles. The molecule has 2 aromatic carbocycles. The average molecular weight is 364 g/mol. The number of benzene rings is 2. The second-order valence-electron chi connectivity index (χ2n) is 5.03. The highest BCUT2D eigenvalue weighted by Crippen LogP contribution is 2.28. The lowest BCUT2D eigenvalue weighted by Gasteiger charge is -2.14. The smallest absolute Gasteiger partial charge is 0.255 e. The molecule has 0 aromatic heterocycles. The van der Waals surface area contributed by atoms with Crippen LogP contribution in [0, 0.1) is 0 Å². The summed E-state index contributed by atoms with van der Waals surface area (Å²) in [6, 6.07) is 12.8. The number of sulfonamides is 1. The number of anilines is 1. The molecule has 0 saturated carbocycles. The zero-order chi connectivity index (χ0) is 18.3. The van der Waals surface area contributed by atoms with Gasteiger partial charge in [0.25, 0.3) is 5.91 Å². The van der Waals surface area contributed by atoms with Crippen molar-refractivity contribution in [1.82, 2.24) is 4.72 Å². The van der Waals surface area contributed by atoms with E-state index in [0.29, 0.717) is 17.9 Å². The van der Waals surface area contributed by atoms with Crippen molar-refractivity contribution in [3.63, 3.8) is 0 Å². The maximum Gasteiger partial charge on any atom is 0.255 e. The Bertz CT molecular complexity index is 822. The Morgan fingerprint density at radius 3 is 2.52 bits per heavy atom. The summed E-state index contributed by atoms with van der Waals surface area (Å²) in [5, 5.41) is 11.5. The Hall–Kier alpha value is -2.42. The van der Waals surface area contributed by atoms with E-state index < -0.39 is 10.0 Å². The molecule has 0 atom stereocenters. The molecule has 0 aliphatic rings. The third kappa shape index (κ3) is 5.02. The van der Waals surface area contributed by atoms with Gasteiger partial charge in [-0.1, -0.05) is 18.2 Å². The standard InChI is InChI=1S/C17H20N2O5S/c1-2-24-16-9-8-14(25(22,23)18-10-11-20)12-15(16)19-17(21)13-6-4-3-5-7-13/h3-9,12,18,20H,2,10-11H2,1H3,(H,19,21). The molecule has 2 rings (SSSR count). The number of ether oxygens (including phenoxy) is 1. The van der Waals surface area contributed by atoms with Crippen molar-refractivity contribution in [2.45, 2.75) is 11.8 Å². The van der Waals surface area contributed by atoms with Gasteiger partial charge in [0.1, 0.15) is 5.75 Å². The molecule has 8 heteroatoms. The van der Waals surface area contributed by atoms with Gasteiger partial charge in [-0.15, -0.1) is 0 Å². The summed E-state index contributed by atoms with van der Waals surface area (Å²) in [5.41, 5.74) is 0.694. The normalized spacial score (nSPS) is 11.1. The average Bonchev–Trinajstić information content (AvgIpc) is 2.62. The van der Waals surface area contributed by atoms with Crippen LogP contribution in [-0.2, 0) is 10.0 Å². The molecule has 0 saturated heterocycles. The van der Waals surface area contributed by atoms with E-state index in [1.165, 1.54) is 18.2 Å². The van der Waals surface area contributed by atoms with Crippen molar-refractivity contribution < 1.29 is 23.1 Å². The summed E-state index contributed by atoms with van der Waals surface area (Å²) in [6.45, 7) is 1.74. The summed E-state index contributed by atoms with van der Waals surface area (Å²) in [4.78, 5) is 12.3. The Morgan fingerprint density at radius 2 is 1.88 bits per heavy atom. The van der Waals surface area contributed by atoms with Crippen LogP contribution < -0.4 is 14.8 Å². The Morgan fingerprint density at radius 1 is 1.16 bits per heavy atom. The second kappa shape index (κ2) is 8.61. The third-order valence-corrected chi connectivity index (χ3v) is 4.71. The number of nitrogens with one attached hydrogen (secondary N) is 2. The molecule has 0 unspecified atom stereocenters. The first-order chi connectivity index (χ1) is 12.0. The summed E-state index contributed by atoms with van der Waals surface area (Å²) in [6.07, 6.45) is 0. The maximum atomic E-state index is 12.3. The zero-order valence-corrected chi connectivity index (χ0v) is 14.5. The number of rotatable bonds is 8. The van der Waals surface area contributed by atoms with Crippen molar-refractivity contribution in [2.75, 3.05) is 25.1 Å². The minimum Gasteiger partial charge on any atom is -0.492 e. The fourth-order valence-corrected chi connectivity index (χ4v) is 3.15. The molecular formula is C17H20N2O5S. The molecule has 0 bridgehead atoms. The largest absolute Gasteiger partial charge is 0.492 e. The highest BCUT2D eigenvalue weighted by Gasteiger charge is 2.17. The fraction of sp³-hybridized carbons (Fsp3) is 0.235. The Labute approximate surface area is 146 Å². The van der Waals surface area contributed by atoms with Crippen molar-refractivity contribution in [1.29, 1.82) is 0 Å². The molecule has 7 nitrogen and oxygen atoms in total. The second-order valence-corrected chi connectivity index (χ2v) is 6.80. The van der Waals surface area contributed by atoms with Gasteiger partial charge in [0, 0.05) is 12.1 Å². The number of amides is 1. The molecule has 0 radical (unpaired) electrons. The number of aliphatic hydroxyl groups is 1. The van der Waals surface area contributed by atoms with Crippen LogP contribution in [0.15, 0.2) is 53.4 Å². The Balaban J connectivity index is 2.33. The van der Waals surface area contributed by atoms with Gasteiger partial charge in [0.15, 0.2) is 0 Å². The zero-order valence-electron chi connectivity index (χ0n) is 13.7. The van der Waals surface area contributed by atoms with E-state index in [2.05, 4.69) is 10.0 Å². The van der Waals surface area contributed by atoms with Crippen molar-refractivity contribution >= 4 is 21.6 Å². The molecule has 0 spiro atoms. The summed E-state index contributed by atoms with van der Waals surface area (Å²) < 4.78 is 32.1. The van der Waals surface area contributed by atoms with E-state index in [9.17, 15) is 13.2 Å². The number of aliphatic hydroxyl groups excluding tert-OH is 1. The highest BCUT2D eigenvalue weighted by molar-refractivity contribution is 7.89. The van der Waals surface area contributed by atoms with Crippen molar-refractivity contribution in [2.24, 2.45) is 0 Å². The van der Waals surface area contributed by atoms with E-state index in [-0.39, 0.29) is 29.6 Å². The van der Waals surface area contributed by atoms with Gasteiger partial charge in [-0.05, 0) is 37.3 Å². The SMILES string of the molecule is CCOc1ccc(S(=O)(=O)NCCO)cc1NC(=O)c1ccccc1. The summed E-state index contributed by atoms with van der Waals surface area (Å²) >= 11 is 0. The third-order valence-electron chi connectivity index (χ3n) is 3.25.